The number of carbonyl (C=O) groups excluding carboxylic acids is 2. The van der Waals surface area contributed by atoms with Gasteiger partial charge in [0.05, 0.1) is 12.2 Å². The van der Waals surface area contributed by atoms with Crippen molar-refractivity contribution in [1.82, 2.24) is 0 Å². The number of amides is 1. The van der Waals surface area contributed by atoms with Gasteiger partial charge in [0.2, 0.25) is 0 Å². The van der Waals surface area contributed by atoms with Gasteiger partial charge in [-0.2, -0.15) is 5.26 Å². The van der Waals surface area contributed by atoms with Gasteiger partial charge in [0, 0.05) is 5.39 Å². The second-order valence-corrected chi connectivity index (χ2v) is 7.71. The van der Waals surface area contributed by atoms with Gasteiger partial charge in [-0.1, -0.05) is 30.3 Å². The first-order valence-corrected chi connectivity index (χ1v) is 10.2. The summed E-state index contributed by atoms with van der Waals surface area (Å²) in [4.78, 5) is 37.7. The van der Waals surface area contributed by atoms with Crippen molar-refractivity contribution in [1.29, 1.82) is 5.26 Å². The van der Waals surface area contributed by atoms with Crippen molar-refractivity contribution in [3.05, 3.63) is 74.5 Å². The standard InChI is InChI=1S/C23H16N2O5S/c1-3-29-23(28)19-12(2)17(11-24)21(31-19)25-20(26)16-10-15-14-7-5-4-6-13(14)8-9-18(15)30-22(16)27/h4-10H,3H2,1-2H3,(H,25,26). The maximum absolute atomic E-state index is 12.9. The minimum absolute atomic E-state index is 0.150. The molecule has 4 aromatic rings. The molecule has 0 atom stereocenters. The van der Waals surface area contributed by atoms with Gasteiger partial charge >= 0.3 is 11.6 Å². The van der Waals surface area contributed by atoms with Crippen LogP contribution < -0.4 is 10.9 Å². The van der Waals surface area contributed by atoms with Crippen LogP contribution in [0, 0.1) is 18.3 Å². The largest absolute Gasteiger partial charge is 0.462 e. The highest BCUT2D eigenvalue weighted by atomic mass is 32.1. The Hall–Kier alpha value is -3.96. The van der Waals surface area contributed by atoms with E-state index in [9.17, 15) is 19.6 Å². The van der Waals surface area contributed by atoms with Crippen LogP contribution in [0.1, 0.15) is 38.1 Å². The Morgan fingerprint density at radius 3 is 2.71 bits per heavy atom. The van der Waals surface area contributed by atoms with Crippen LogP contribution in [0.2, 0.25) is 0 Å². The lowest BCUT2D eigenvalue weighted by molar-refractivity contribution is 0.0531. The third-order valence-electron chi connectivity index (χ3n) is 4.83. The van der Waals surface area contributed by atoms with Crippen molar-refractivity contribution in [2.24, 2.45) is 0 Å². The van der Waals surface area contributed by atoms with Gasteiger partial charge in [0.1, 0.15) is 27.1 Å². The number of nitrogens with one attached hydrogen (secondary N) is 1. The summed E-state index contributed by atoms with van der Waals surface area (Å²) < 4.78 is 10.4. The topological polar surface area (TPSA) is 109 Å². The van der Waals surface area contributed by atoms with Crippen molar-refractivity contribution in [2.75, 3.05) is 11.9 Å². The average molecular weight is 432 g/mol. The number of nitrogens with zero attached hydrogens (tertiary/aromatic N) is 1. The van der Waals surface area contributed by atoms with Crippen LogP contribution in [-0.2, 0) is 4.74 Å². The van der Waals surface area contributed by atoms with Crippen molar-refractivity contribution >= 4 is 50.0 Å². The highest BCUT2D eigenvalue weighted by Gasteiger charge is 2.24. The molecule has 0 aliphatic heterocycles. The van der Waals surface area contributed by atoms with E-state index in [-0.39, 0.29) is 27.6 Å². The molecule has 0 aliphatic carbocycles. The molecule has 2 heterocycles. The van der Waals surface area contributed by atoms with E-state index in [0.717, 1.165) is 22.1 Å². The van der Waals surface area contributed by atoms with Gasteiger partial charge in [0.15, 0.2) is 0 Å². The molecule has 4 rings (SSSR count). The number of benzene rings is 2. The molecule has 31 heavy (non-hydrogen) atoms. The van der Waals surface area contributed by atoms with Gasteiger partial charge in [-0.25, -0.2) is 9.59 Å². The van der Waals surface area contributed by atoms with Crippen LogP contribution in [-0.4, -0.2) is 18.5 Å². The SMILES string of the molecule is CCOC(=O)c1sc(NC(=O)c2cc3c(ccc4ccccc43)oc2=O)c(C#N)c1C. The van der Waals surface area contributed by atoms with Crippen molar-refractivity contribution in [3.63, 3.8) is 0 Å². The number of rotatable bonds is 4. The Kier molecular flexibility index (Phi) is 5.28. The molecule has 0 unspecified atom stereocenters. The fraction of sp³-hybridized carbons (Fsp3) is 0.130. The number of hydrogen-bond acceptors (Lipinski definition) is 7. The molecular formula is C23H16N2O5S. The second-order valence-electron chi connectivity index (χ2n) is 6.69. The first-order valence-electron chi connectivity index (χ1n) is 9.42. The molecule has 7 nitrogen and oxygen atoms in total. The van der Waals surface area contributed by atoms with E-state index in [2.05, 4.69) is 5.32 Å². The first-order chi connectivity index (χ1) is 14.9. The Balaban J connectivity index is 1.77. The summed E-state index contributed by atoms with van der Waals surface area (Å²) in [5, 5.41) is 14.6. The van der Waals surface area contributed by atoms with Gasteiger partial charge in [0.25, 0.3) is 5.91 Å². The highest BCUT2D eigenvalue weighted by Crippen LogP contribution is 2.33. The van der Waals surface area contributed by atoms with Gasteiger partial charge in [-0.15, -0.1) is 11.3 Å². The lowest BCUT2D eigenvalue weighted by Crippen LogP contribution is -2.20. The molecule has 1 amide bonds. The van der Waals surface area contributed by atoms with Crippen LogP contribution in [0.3, 0.4) is 0 Å². The third-order valence-corrected chi connectivity index (χ3v) is 6.02. The maximum atomic E-state index is 12.9. The third kappa shape index (κ3) is 3.56. The normalized spacial score (nSPS) is 10.7. The number of nitriles is 1. The summed E-state index contributed by atoms with van der Waals surface area (Å²) >= 11 is 0.932. The van der Waals surface area contributed by atoms with E-state index in [4.69, 9.17) is 9.15 Å². The predicted octanol–water partition coefficient (Wildman–Crippen LogP) is 4.62. The molecule has 0 aliphatic rings. The second kappa shape index (κ2) is 8.05. The van der Waals surface area contributed by atoms with Gasteiger partial charge < -0.3 is 14.5 Å². The van der Waals surface area contributed by atoms with Crippen molar-refractivity contribution in [2.45, 2.75) is 13.8 Å². The summed E-state index contributed by atoms with van der Waals surface area (Å²) in [5.41, 5.74) is -0.0569. The number of anilines is 1. The van der Waals surface area contributed by atoms with Crippen LogP contribution in [0.4, 0.5) is 5.00 Å². The Bertz CT molecular complexity index is 1460. The minimum Gasteiger partial charge on any atom is -0.462 e. The van der Waals surface area contributed by atoms with E-state index >= 15 is 0 Å². The van der Waals surface area contributed by atoms with Gasteiger partial charge in [-0.3, -0.25) is 4.79 Å². The summed E-state index contributed by atoms with van der Waals surface area (Å²) in [7, 11) is 0. The van der Waals surface area contributed by atoms with E-state index in [1.165, 1.54) is 6.07 Å². The summed E-state index contributed by atoms with van der Waals surface area (Å²) in [5.74, 6) is -1.30. The fourth-order valence-electron chi connectivity index (χ4n) is 3.33. The van der Waals surface area contributed by atoms with E-state index in [1.54, 1.807) is 19.9 Å². The monoisotopic (exact) mass is 432 g/mol. The number of fused-ring (bicyclic) bond motifs is 3. The number of esters is 1. The van der Waals surface area contributed by atoms with Crippen molar-refractivity contribution < 1.29 is 18.7 Å². The van der Waals surface area contributed by atoms with Gasteiger partial charge in [-0.05, 0) is 42.3 Å². The number of hydrogen-bond donors (Lipinski definition) is 1. The Morgan fingerprint density at radius 1 is 1.19 bits per heavy atom. The van der Waals surface area contributed by atoms with Crippen LogP contribution in [0.5, 0.6) is 0 Å². The van der Waals surface area contributed by atoms with Crippen LogP contribution in [0.15, 0.2) is 51.7 Å². The molecule has 8 heteroatoms. The zero-order chi connectivity index (χ0) is 22.1. The minimum atomic E-state index is -0.794. The molecule has 0 radical (unpaired) electrons. The Morgan fingerprint density at radius 2 is 1.97 bits per heavy atom. The molecule has 2 aromatic heterocycles. The number of ether oxygens (including phenoxy) is 1. The number of thiophene rings is 1. The van der Waals surface area contributed by atoms with Crippen molar-refractivity contribution in [3.8, 4) is 6.07 Å². The molecular weight excluding hydrogens is 416 g/mol. The molecule has 0 saturated heterocycles. The lowest BCUT2D eigenvalue weighted by Gasteiger charge is -2.06. The van der Waals surface area contributed by atoms with E-state index < -0.39 is 17.5 Å². The molecule has 0 bridgehead atoms. The molecule has 154 valence electrons. The average Bonchev–Trinajstić information content (AvgIpc) is 3.08. The summed E-state index contributed by atoms with van der Waals surface area (Å²) in [6, 6.07) is 14.5. The quantitative estimate of drug-likeness (QED) is 0.286. The zero-order valence-electron chi connectivity index (χ0n) is 16.6. The molecule has 0 saturated carbocycles. The molecule has 2 aromatic carbocycles. The summed E-state index contributed by atoms with van der Waals surface area (Å²) in [6.45, 7) is 3.47. The van der Waals surface area contributed by atoms with E-state index in [0.29, 0.717) is 16.5 Å². The zero-order valence-corrected chi connectivity index (χ0v) is 17.5. The van der Waals surface area contributed by atoms with E-state index in [1.807, 2.05) is 36.4 Å². The lowest BCUT2D eigenvalue weighted by atomic mass is 10.0. The molecule has 0 spiro atoms. The highest BCUT2D eigenvalue weighted by molar-refractivity contribution is 7.18. The molecule has 1 N–H and O–H groups in total. The first kappa shape index (κ1) is 20.3. The summed E-state index contributed by atoms with van der Waals surface area (Å²) in [6.07, 6.45) is 0. The maximum Gasteiger partial charge on any atom is 0.349 e. The fourth-order valence-corrected chi connectivity index (χ4v) is 4.37. The Labute approximate surface area is 180 Å². The smallest absolute Gasteiger partial charge is 0.349 e. The van der Waals surface area contributed by atoms with Crippen LogP contribution >= 0.6 is 11.3 Å². The van der Waals surface area contributed by atoms with Crippen LogP contribution in [0.25, 0.3) is 21.7 Å². The molecule has 0 fully saturated rings. The number of carbonyl (C=O) groups is 2. The predicted molar refractivity (Wildman–Crippen MR) is 118 cm³/mol.